The van der Waals surface area contributed by atoms with E-state index in [0.29, 0.717) is 0 Å². The molecule has 0 saturated carbocycles. The Morgan fingerprint density at radius 1 is 1.25 bits per heavy atom. The van der Waals surface area contributed by atoms with Crippen LogP contribution in [0.15, 0.2) is 12.1 Å². The van der Waals surface area contributed by atoms with Crippen LogP contribution < -0.4 is 0 Å². The maximum absolute atomic E-state index is 3.16. The average Bonchev–Trinajstić information content (AvgIpc) is 2.25. The maximum Gasteiger partial charge on any atom is 0.0260 e. The fourth-order valence-electron chi connectivity index (χ4n) is 1.89. The Labute approximate surface area is 115 Å². The molecule has 0 heterocycles. The molecule has 0 aromatic heterocycles. The lowest BCUT2D eigenvalue weighted by molar-refractivity contribution is 0.787. The summed E-state index contributed by atoms with van der Waals surface area (Å²) in [5, 5.41) is 3.03. The first kappa shape index (κ1) is 13.9. The minimum absolute atomic E-state index is 1.14. The second-order valence-electron chi connectivity index (χ2n) is 4.00. The summed E-state index contributed by atoms with van der Waals surface area (Å²) in [7, 11) is 1.54. The lowest BCUT2D eigenvalue weighted by atomic mass is 9.95. The van der Waals surface area contributed by atoms with Gasteiger partial charge in [0.1, 0.15) is 0 Å². The van der Waals surface area contributed by atoms with Crippen molar-refractivity contribution in [3.8, 4) is 11.2 Å². The SMILES string of the molecule is CCCCc1c(C)cc(C#CSI)cc1C. The molecule has 0 atom stereocenters. The highest BCUT2D eigenvalue weighted by Crippen LogP contribution is 2.19. The van der Waals surface area contributed by atoms with E-state index in [1.54, 1.807) is 0 Å². The predicted molar refractivity (Wildman–Crippen MR) is 83.0 cm³/mol. The van der Waals surface area contributed by atoms with Gasteiger partial charge >= 0.3 is 0 Å². The monoisotopic (exact) mass is 344 g/mol. The Morgan fingerprint density at radius 3 is 2.38 bits per heavy atom. The Morgan fingerprint density at radius 2 is 1.88 bits per heavy atom. The summed E-state index contributed by atoms with van der Waals surface area (Å²) < 4.78 is 0. The maximum atomic E-state index is 3.16. The molecule has 0 nitrogen and oxygen atoms in total. The van der Waals surface area contributed by atoms with Gasteiger partial charge in [-0.05, 0) is 69.7 Å². The molecule has 0 unspecified atom stereocenters. The zero-order valence-corrected chi connectivity index (χ0v) is 13.0. The smallest absolute Gasteiger partial charge is 0.0260 e. The number of rotatable bonds is 3. The van der Waals surface area contributed by atoms with Crippen LogP contribution in [0.5, 0.6) is 0 Å². The highest BCUT2D eigenvalue weighted by molar-refractivity contribution is 14.2. The Bertz CT molecular complexity index is 389. The van der Waals surface area contributed by atoms with Crippen molar-refractivity contribution >= 4 is 30.1 Å². The molecule has 0 amide bonds. The van der Waals surface area contributed by atoms with Crippen LogP contribution in [0.4, 0.5) is 0 Å². The minimum atomic E-state index is 1.14. The van der Waals surface area contributed by atoms with Crippen LogP contribution in [-0.4, -0.2) is 0 Å². The molecule has 0 aliphatic heterocycles. The van der Waals surface area contributed by atoms with Gasteiger partial charge in [0, 0.05) is 26.8 Å². The predicted octanol–water partition coefficient (Wildman–Crippen LogP) is 5.04. The second-order valence-corrected chi connectivity index (χ2v) is 5.68. The molecule has 86 valence electrons. The van der Waals surface area contributed by atoms with Crippen LogP contribution in [-0.2, 0) is 6.42 Å². The molecule has 0 radical (unpaired) electrons. The van der Waals surface area contributed by atoms with E-state index >= 15 is 0 Å². The van der Waals surface area contributed by atoms with Gasteiger partial charge in [0.2, 0.25) is 0 Å². The van der Waals surface area contributed by atoms with Gasteiger partial charge < -0.3 is 0 Å². The highest BCUT2D eigenvalue weighted by Gasteiger charge is 2.03. The van der Waals surface area contributed by atoms with Crippen molar-refractivity contribution in [3.63, 3.8) is 0 Å². The molecule has 0 aliphatic carbocycles. The number of halogens is 1. The second kappa shape index (κ2) is 7.24. The van der Waals surface area contributed by atoms with Gasteiger partial charge in [-0.1, -0.05) is 19.3 Å². The number of unbranched alkanes of at least 4 members (excludes halogenated alkanes) is 1. The molecular formula is C14H17IS. The minimum Gasteiger partial charge on any atom is -0.0654 e. The van der Waals surface area contributed by atoms with E-state index in [-0.39, 0.29) is 0 Å². The van der Waals surface area contributed by atoms with Crippen LogP contribution in [0, 0.1) is 25.0 Å². The standard InChI is InChI=1S/C14H17IS/c1-4-5-6-14-11(2)9-13(7-8-16-15)10-12(14)3/h9-10H,4-6H2,1-3H3. The van der Waals surface area contributed by atoms with E-state index in [2.05, 4.69) is 65.3 Å². The van der Waals surface area contributed by atoms with Crippen molar-refractivity contribution in [2.45, 2.75) is 40.0 Å². The van der Waals surface area contributed by atoms with Crippen molar-refractivity contribution < 1.29 is 0 Å². The first-order valence-electron chi connectivity index (χ1n) is 5.57. The topological polar surface area (TPSA) is 0 Å². The van der Waals surface area contributed by atoms with E-state index in [4.69, 9.17) is 0 Å². The van der Waals surface area contributed by atoms with Gasteiger partial charge in [-0.2, -0.15) is 0 Å². The molecule has 1 aromatic rings. The van der Waals surface area contributed by atoms with E-state index in [0.717, 1.165) is 5.56 Å². The average molecular weight is 344 g/mol. The largest absolute Gasteiger partial charge is 0.0654 e. The zero-order chi connectivity index (χ0) is 12.0. The third kappa shape index (κ3) is 4.03. The van der Waals surface area contributed by atoms with Gasteiger partial charge in [0.15, 0.2) is 0 Å². The van der Waals surface area contributed by atoms with E-state index in [9.17, 15) is 0 Å². The number of aryl methyl sites for hydroxylation is 2. The van der Waals surface area contributed by atoms with Crippen LogP contribution in [0.1, 0.15) is 42.0 Å². The lowest BCUT2D eigenvalue weighted by Crippen LogP contribution is -1.95. The third-order valence-corrected chi connectivity index (χ3v) is 3.55. The summed E-state index contributed by atoms with van der Waals surface area (Å²) in [5.74, 6) is 3.16. The molecule has 0 N–H and O–H groups in total. The normalized spacial score (nSPS) is 9.75. The Hall–Kier alpha value is -0.140. The van der Waals surface area contributed by atoms with Crippen LogP contribution >= 0.6 is 30.1 Å². The van der Waals surface area contributed by atoms with Gasteiger partial charge in [0.05, 0.1) is 0 Å². The van der Waals surface area contributed by atoms with Gasteiger partial charge in [0.25, 0.3) is 0 Å². The molecule has 16 heavy (non-hydrogen) atoms. The van der Waals surface area contributed by atoms with Crippen LogP contribution in [0.25, 0.3) is 0 Å². The quantitative estimate of drug-likeness (QED) is 0.547. The summed E-state index contributed by atoms with van der Waals surface area (Å²) in [4.78, 5) is 0. The van der Waals surface area contributed by atoms with Crippen molar-refractivity contribution in [2.75, 3.05) is 0 Å². The number of benzene rings is 1. The Balaban J connectivity index is 2.97. The van der Waals surface area contributed by atoms with Gasteiger partial charge in [-0.25, -0.2) is 0 Å². The van der Waals surface area contributed by atoms with Crippen molar-refractivity contribution in [2.24, 2.45) is 0 Å². The third-order valence-electron chi connectivity index (χ3n) is 2.71. The fraction of sp³-hybridized carbons (Fsp3) is 0.429. The first-order valence-corrected chi connectivity index (χ1v) is 8.93. The molecule has 1 aromatic carbocycles. The molecule has 1 rings (SSSR count). The van der Waals surface area contributed by atoms with E-state index < -0.39 is 0 Å². The van der Waals surface area contributed by atoms with E-state index in [1.165, 1.54) is 44.9 Å². The van der Waals surface area contributed by atoms with Crippen molar-refractivity contribution in [1.82, 2.24) is 0 Å². The van der Waals surface area contributed by atoms with Gasteiger partial charge in [-0.3, -0.25) is 0 Å². The number of hydrogen-bond donors (Lipinski definition) is 0. The molecule has 0 bridgehead atoms. The highest BCUT2D eigenvalue weighted by atomic mass is 127. The number of hydrogen-bond acceptors (Lipinski definition) is 1. The van der Waals surface area contributed by atoms with Crippen molar-refractivity contribution in [1.29, 1.82) is 0 Å². The molecule has 0 spiro atoms. The van der Waals surface area contributed by atoms with E-state index in [1.807, 2.05) is 0 Å². The molecule has 0 saturated heterocycles. The molecule has 0 fully saturated rings. The van der Waals surface area contributed by atoms with Gasteiger partial charge in [-0.15, -0.1) is 0 Å². The summed E-state index contributed by atoms with van der Waals surface area (Å²) in [5.41, 5.74) is 5.42. The Kier molecular flexibility index (Phi) is 6.30. The summed E-state index contributed by atoms with van der Waals surface area (Å²) in [6, 6.07) is 4.41. The van der Waals surface area contributed by atoms with Crippen molar-refractivity contribution in [3.05, 3.63) is 34.4 Å². The summed E-state index contributed by atoms with van der Waals surface area (Å²) in [6.45, 7) is 6.63. The molecule has 2 heteroatoms. The first-order chi connectivity index (χ1) is 7.69. The molecular weight excluding hydrogens is 327 g/mol. The van der Waals surface area contributed by atoms with Crippen LogP contribution in [0.3, 0.4) is 0 Å². The fourth-order valence-corrected chi connectivity index (χ4v) is 2.38. The van der Waals surface area contributed by atoms with Crippen LogP contribution in [0.2, 0.25) is 0 Å². The summed E-state index contributed by atoms with van der Waals surface area (Å²) in [6.07, 6.45) is 3.73. The summed E-state index contributed by atoms with van der Waals surface area (Å²) >= 11 is 2.20. The molecule has 0 aliphatic rings. The lowest BCUT2D eigenvalue weighted by Gasteiger charge is -2.10. The zero-order valence-electron chi connectivity index (χ0n) is 10.1.